The van der Waals surface area contributed by atoms with Crippen LogP contribution < -0.4 is 4.74 Å². The highest BCUT2D eigenvalue weighted by Crippen LogP contribution is 2.36. The van der Waals surface area contributed by atoms with E-state index in [9.17, 15) is 14.3 Å². The van der Waals surface area contributed by atoms with Crippen LogP contribution in [0.15, 0.2) is 48.5 Å². The average Bonchev–Trinajstić information content (AvgIpc) is 2.64. The van der Waals surface area contributed by atoms with Crippen molar-refractivity contribution in [1.29, 1.82) is 0 Å². The zero-order chi connectivity index (χ0) is 17.8. The van der Waals surface area contributed by atoms with E-state index in [2.05, 4.69) is 0 Å². The van der Waals surface area contributed by atoms with Crippen molar-refractivity contribution in [2.45, 2.75) is 31.3 Å². The van der Waals surface area contributed by atoms with Gasteiger partial charge < -0.3 is 9.84 Å². The molecule has 132 valence electrons. The van der Waals surface area contributed by atoms with E-state index in [4.69, 9.17) is 4.74 Å². The lowest BCUT2D eigenvalue weighted by molar-refractivity contribution is -0.145. The Labute approximate surface area is 146 Å². The van der Waals surface area contributed by atoms with Gasteiger partial charge in [0.2, 0.25) is 0 Å². The van der Waals surface area contributed by atoms with Gasteiger partial charge in [0.05, 0.1) is 13.2 Å². The number of piperidine rings is 1. The number of rotatable bonds is 5. The van der Waals surface area contributed by atoms with Crippen molar-refractivity contribution in [3.8, 4) is 5.75 Å². The van der Waals surface area contributed by atoms with Crippen molar-refractivity contribution in [2.24, 2.45) is 0 Å². The molecule has 1 heterocycles. The summed E-state index contributed by atoms with van der Waals surface area (Å²) in [6.07, 6.45) is 2.35. The number of hydrogen-bond donors (Lipinski definition) is 1. The van der Waals surface area contributed by atoms with Gasteiger partial charge in [-0.25, -0.2) is 4.39 Å². The van der Waals surface area contributed by atoms with E-state index in [-0.39, 0.29) is 5.82 Å². The van der Waals surface area contributed by atoms with E-state index in [1.807, 2.05) is 29.2 Å². The SMILES string of the molecule is COc1cccc(C(c2ccccc2F)N2CCCCC2C(=O)O)c1. The molecule has 0 saturated carbocycles. The van der Waals surface area contributed by atoms with Gasteiger partial charge in [0.25, 0.3) is 0 Å². The van der Waals surface area contributed by atoms with E-state index in [0.29, 0.717) is 24.3 Å². The first-order valence-corrected chi connectivity index (χ1v) is 8.48. The predicted molar refractivity (Wildman–Crippen MR) is 93.2 cm³/mol. The minimum atomic E-state index is -0.857. The Morgan fingerprint density at radius 1 is 1.24 bits per heavy atom. The fourth-order valence-corrected chi connectivity index (χ4v) is 3.59. The van der Waals surface area contributed by atoms with Crippen LogP contribution in [0.3, 0.4) is 0 Å². The summed E-state index contributed by atoms with van der Waals surface area (Å²) in [6.45, 7) is 0.618. The third-order valence-electron chi connectivity index (χ3n) is 4.77. The first kappa shape index (κ1) is 17.4. The topological polar surface area (TPSA) is 49.8 Å². The smallest absolute Gasteiger partial charge is 0.320 e. The van der Waals surface area contributed by atoms with Gasteiger partial charge in [-0.2, -0.15) is 0 Å². The molecule has 2 unspecified atom stereocenters. The molecular weight excluding hydrogens is 321 g/mol. The molecule has 0 aliphatic carbocycles. The highest BCUT2D eigenvalue weighted by Gasteiger charge is 2.36. The Kier molecular flexibility index (Phi) is 5.34. The summed E-state index contributed by atoms with van der Waals surface area (Å²) in [4.78, 5) is 13.7. The van der Waals surface area contributed by atoms with Gasteiger partial charge in [0.15, 0.2) is 0 Å². The Morgan fingerprint density at radius 3 is 2.76 bits per heavy atom. The number of carbonyl (C=O) groups is 1. The van der Waals surface area contributed by atoms with Crippen LogP contribution in [0, 0.1) is 5.82 Å². The molecule has 2 aromatic rings. The predicted octanol–water partition coefficient (Wildman–Crippen LogP) is 3.86. The molecule has 0 bridgehead atoms. The number of benzene rings is 2. The van der Waals surface area contributed by atoms with Crippen LogP contribution in [0.1, 0.15) is 36.4 Å². The molecule has 3 rings (SSSR count). The van der Waals surface area contributed by atoms with Gasteiger partial charge in [-0.1, -0.05) is 36.8 Å². The van der Waals surface area contributed by atoms with Crippen LogP contribution in [0.5, 0.6) is 5.75 Å². The molecule has 1 saturated heterocycles. The third-order valence-corrected chi connectivity index (χ3v) is 4.77. The number of ether oxygens (including phenoxy) is 1. The van der Waals surface area contributed by atoms with E-state index in [1.54, 1.807) is 25.3 Å². The van der Waals surface area contributed by atoms with Gasteiger partial charge in [0, 0.05) is 5.56 Å². The van der Waals surface area contributed by atoms with Crippen molar-refractivity contribution in [3.63, 3.8) is 0 Å². The summed E-state index contributed by atoms with van der Waals surface area (Å²) in [5.41, 5.74) is 1.32. The summed E-state index contributed by atoms with van der Waals surface area (Å²) in [7, 11) is 1.58. The number of carboxylic acid groups (broad SMARTS) is 1. The lowest BCUT2D eigenvalue weighted by Gasteiger charge is -2.39. The summed E-state index contributed by atoms with van der Waals surface area (Å²) >= 11 is 0. The van der Waals surface area contributed by atoms with Crippen molar-refractivity contribution in [2.75, 3.05) is 13.7 Å². The van der Waals surface area contributed by atoms with Gasteiger partial charge in [-0.05, 0) is 43.1 Å². The molecule has 0 aromatic heterocycles. The molecule has 25 heavy (non-hydrogen) atoms. The second kappa shape index (κ2) is 7.66. The molecule has 0 amide bonds. The first-order valence-electron chi connectivity index (χ1n) is 8.48. The number of carboxylic acids is 1. The summed E-state index contributed by atoms with van der Waals surface area (Å²) < 4.78 is 19.9. The zero-order valence-electron chi connectivity index (χ0n) is 14.2. The van der Waals surface area contributed by atoms with E-state index < -0.39 is 18.1 Å². The third kappa shape index (κ3) is 3.66. The highest BCUT2D eigenvalue weighted by molar-refractivity contribution is 5.73. The van der Waals surface area contributed by atoms with Gasteiger partial charge in [0.1, 0.15) is 17.6 Å². The lowest BCUT2D eigenvalue weighted by atomic mass is 9.91. The van der Waals surface area contributed by atoms with Crippen LogP contribution in [0.4, 0.5) is 4.39 Å². The first-order chi connectivity index (χ1) is 12.1. The Bertz CT molecular complexity index is 749. The fourth-order valence-electron chi connectivity index (χ4n) is 3.59. The summed E-state index contributed by atoms with van der Waals surface area (Å²) in [6, 6.07) is 12.9. The Morgan fingerprint density at radius 2 is 2.04 bits per heavy atom. The summed E-state index contributed by atoms with van der Waals surface area (Å²) in [5.74, 6) is -0.517. The molecular formula is C20H22FNO3. The van der Waals surface area contributed by atoms with E-state index in [1.165, 1.54) is 6.07 Å². The minimum absolute atomic E-state index is 0.329. The number of nitrogens with zero attached hydrogens (tertiary/aromatic N) is 1. The fraction of sp³-hybridized carbons (Fsp3) is 0.350. The Hall–Kier alpha value is -2.40. The number of hydrogen-bond acceptors (Lipinski definition) is 3. The van der Waals surface area contributed by atoms with Crippen LogP contribution >= 0.6 is 0 Å². The lowest BCUT2D eigenvalue weighted by Crippen LogP contribution is -2.47. The monoisotopic (exact) mass is 343 g/mol. The molecule has 1 aliphatic heterocycles. The molecule has 4 nitrogen and oxygen atoms in total. The van der Waals surface area contributed by atoms with Crippen molar-refractivity contribution >= 4 is 5.97 Å². The summed E-state index contributed by atoms with van der Waals surface area (Å²) in [5, 5.41) is 9.66. The Balaban J connectivity index is 2.11. The van der Waals surface area contributed by atoms with E-state index in [0.717, 1.165) is 18.4 Å². The largest absolute Gasteiger partial charge is 0.497 e. The maximum atomic E-state index is 14.6. The average molecular weight is 343 g/mol. The minimum Gasteiger partial charge on any atom is -0.497 e. The maximum Gasteiger partial charge on any atom is 0.320 e. The second-order valence-electron chi connectivity index (χ2n) is 6.29. The number of aliphatic carboxylic acids is 1. The normalized spacial score (nSPS) is 19.4. The molecule has 2 atom stereocenters. The number of methoxy groups -OCH3 is 1. The molecule has 1 N–H and O–H groups in total. The second-order valence-corrected chi connectivity index (χ2v) is 6.29. The number of likely N-dealkylation sites (tertiary alicyclic amines) is 1. The maximum absolute atomic E-state index is 14.6. The van der Waals surface area contributed by atoms with Gasteiger partial charge in [-0.3, -0.25) is 9.69 Å². The van der Waals surface area contributed by atoms with Gasteiger partial charge >= 0.3 is 5.97 Å². The van der Waals surface area contributed by atoms with Crippen LogP contribution in [-0.4, -0.2) is 35.7 Å². The zero-order valence-corrected chi connectivity index (χ0v) is 14.2. The van der Waals surface area contributed by atoms with Crippen LogP contribution in [-0.2, 0) is 4.79 Å². The van der Waals surface area contributed by atoms with Crippen LogP contribution in [0.2, 0.25) is 0 Å². The standard InChI is InChI=1S/C20H22FNO3/c1-25-15-8-6-7-14(13-15)19(16-9-2-3-10-17(16)21)22-12-5-4-11-18(22)20(23)24/h2-3,6-10,13,18-19H,4-5,11-12H2,1H3,(H,23,24). The molecule has 1 fully saturated rings. The van der Waals surface area contributed by atoms with Crippen molar-refractivity contribution in [3.05, 3.63) is 65.5 Å². The van der Waals surface area contributed by atoms with Crippen LogP contribution in [0.25, 0.3) is 0 Å². The molecule has 2 aromatic carbocycles. The quantitative estimate of drug-likeness (QED) is 0.895. The number of halogens is 1. The van der Waals surface area contributed by atoms with E-state index >= 15 is 0 Å². The van der Waals surface area contributed by atoms with Crippen molar-refractivity contribution in [1.82, 2.24) is 4.90 Å². The van der Waals surface area contributed by atoms with Gasteiger partial charge in [-0.15, -0.1) is 0 Å². The highest BCUT2D eigenvalue weighted by atomic mass is 19.1. The van der Waals surface area contributed by atoms with Crippen molar-refractivity contribution < 1.29 is 19.0 Å². The molecule has 0 radical (unpaired) electrons. The molecule has 0 spiro atoms. The molecule has 1 aliphatic rings. The molecule has 5 heteroatoms.